The molecule has 8 heteroatoms. The minimum atomic E-state index is -2.51. The van der Waals surface area contributed by atoms with Gasteiger partial charge in [0.2, 0.25) is 0 Å². The number of amides is 1. The summed E-state index contributed by atoms with van der Waals surface area (Å²) in [6.07, 6.45) is 2.78. The van der Waals surface area contributed by atoms with Crippen LogP contribution in [0.1, 0.15) is 10.4 Å². The van der Waals surface area contributed by atoms with Crippen molar-refractivity contribution >= 4 is 11.6 Å². The van der Waals surface area contributed by atoms with Crippen LogP contribution in [0.2, 0.25) is 0 Å². The molecule has 6 nitrogen and oxygen atoms in total. The first kappa shape index (κ1) is 12.1. The third-order valence-corrected chi connectivity index (χ3v) is 2.06. The fraction of sp³-hybridized carbons (Fsp3) is 0.200. The van der Waals surface area contributed by atoms with E-state index in [4.69, 9.17) is 0 Å². The monoisotopic (exact) mass is 253 g/mol. The van der Waals surface area contributed by atoms with Crippen LogP contribution in [0, 0.1) is 0 Å². The van der Waals surface area contributed by atoms with Gasteiger partial charge in [-0.15, -0.1) is 0 Å². The Hall–Kier alpha value is -2.38. The largest absolute Gasteiger partial charge is 0.320 e. The summed E-state index contributed by atoms with van der Waals surface area (Å²) in [5.41, 5.74) is 0.670. The zero-order valence-corrected chi connectivity index (χ0v) is 9.12. The van der Waals surface area contributed by atoms with E-state index in [1.807, 2.05) is 0 Å². The number of aromatic nitrogens is 4. The molecule has 0 aliphatic heterocycles. The topological polar surface area (TPSA) is 72.7 Å². The quantitative estimate of drug-likeness (QED) is 0.888. The third kappa shape index (κ3) is 3.06. The van der Waals surface area contributed by atoms with Gasteiger partial charge in [0, 0.05) is 6.20 Å². The second-order valence-corrected chi connectivity index (χ2v) is 3.43. The molecule has 94 valence electrons. The Balaban J connectivity index is 2.03. The second kappa shape index (κ2) is 5.30. The summed E-state index contributed by atoms with van der Waals surface area (Å²) in [6, 6.07) is 1.56. The Labute approximate surface area is 101 Å². The molecule has 0 radical (unpaired) electrons. The van der Waals surface area contributed by atoms with Crippen LogP contribution < -0.4 is 5.32 Å². The van der Waals surface area contributed by atoms with Crippen LogP contribution in [0.25, 0.3) is 0 Å². The van der Waals surface area contributed by atoms with Gasteiger partial charge in [-0.1, -0.05) is 0 Å². The van der Waals surface area contributed by atoms with Crippen molar-refractivity contribution < 1.29 is 13.6 Å². The summed E-state index contributed by atoms with van der Waals surface area (Å²) in [6.45, 7) is -0.538. The minimum absolute atomic E-state index is 0.201. The molecule has 0 aromatic carbocycles. The molecule has 0 aliphatic rings. The first-order valence-corrected chi connectivity index (χ1v) is 5.04. The summed E-state index contributed by atoms with van der Waals surface area (Å²) < 4.78 is 25.2. The first-order valence-electron chi connectivity index (χ1n) is 5.04. The molecule has 0 spiro atoms. The highest BCUT2D eigenvalue weighted by Gasteiger charge is 2.11. The van der Waals surface area contributed by atoms with E-state index in [0.717, 1.165) is 4.68 Å². The van der Waals surface area contributed by atoms with E-state index in [-0.39, 0.29) is 5.56 Å². The van der Waals surface area contributed by atoms with Gasteiger partial charge in [-0.2, -0.15) is 15.3 Å². The molecule has 18 heavy (non-hydrogen) atoms. The van der Waals surface area contributed by atoms with E-state index in [9.17, 15) is 13.6 Å². The van der Waals surface area contributed by atoms with Gasteiger partial charge in [0.1, 0.15) is 6.54 Å². The average molecular weight is 253 g/mol. The van der Waals surface area contributed by atoms with Crippen LogP contribution >= 0.6 is 0 Å². The standard InChI is InChI=1S/C10H9F2N5O/c11-9(12)6-17-5-7(3-15-17)10(18)16-8-1-2-13-14-4-8/h1-5,9H,6H2,(H,13,16,18). The predicted octanol–water partition coefficient (Wildman–Crippen LogP) is 1.19. The fourth-order valence-electron chi connectivity index (χ4n) is 1.29. The molecule has 2 heterocycles. The molecule has 1 amide bonds. The van der Waals surface area contributed by atoms with Gasteiger partial charge in [-0.3, -0.25) is 9.48 Å². The van der Waals surface area contributed by atoms with Gasteiger partial charge < -0.3 is 5.32 Å². The van der Waals surface area contributed by atoms with Crippen molar-refractivity contribution in [2.45, 2.75) is 13.0 Å². The number of hydrogen-bond donors (Lipinski definition) is 1. The van der Waals surface area contributed by atoms with Crippen molar-refractivity contribution in [3.05, 3.63) is 36.4 Å². The first-order chi connectivity index (χ1) is 8.65. The Kier molecular flexibility index (Phi) is 3.56. The normalized spacial score (nSPS) is 10.6. The summed E-state index contributed by atoms with van der Waals surface area (Å²) in [5.74, 6) is -0.441. The lowest BCUT2D eigenvalue weighted by Crippen LogP contribution is -2.12. The molecule has 0 saturated heterocycles. The number of nitrogens with zero attached hydrogens (tertiary/aromatic N) is 4. The van der Waals surface area contributed by atoms with Crippen LogP contribution in [-0.4, -0.2) is 32.3 Å². The molecule has 0 fully saturated rings. The Morgan fingerprint density at radius 3 is 2.89 bits per heavy atom. The summed E-state index contributed by atoms with van der Waals surface area (Å²) in [4.78, 5) is 11.7. The molecule has 0 atom stereocenters. The van der Waals surface area contributed by atoms with Crippen molar-refractivity contribution in [2.24, 2.45) is 0 Å². The van der Waals surface area contributed by atoms with Gasteiger partial charge in [-0.25, -0.2) is 8.78 Å². The van der Waals surface area contributed by atoms with E-state index >= 15 is 0 Å². The van der Waals surface area contributed by atoms with E-state index in [1.165, 1.54) is 24.8 Å². The maximum atomic E-state index is 12.1. The predicted molar refractivity (Wildman–Crippen MR) is 58.2 cm³/mol. The maximum Gasteiger partial charge on any atom is 0.258 e. The smallest absolute Gasteiger partial charge is 0.258 e. The number of anilines is 1. The van der Waals surface area contributed by atoms with Crippen molar-refractivity contribution in [2.75, 3.05) is 5.32 Å². The van der Waals surface area contributed by atoms with E-state index in [0.29, 0.717) is 5.69 Å². The third-order valence-electron chi connectivity index (χ3n) is 2.06. The highest BCUT2D eigenvalue weighted by Crippen LogP contribution is 2.07. The Morgan fingerprint density at radius 2 is 2.22 bits per heavy atom. The van der Waals surface area contributed by atoms with E-state index in [2.05, 4.69) is 20.6 Å². The summed E-state index contributed by atoms with van der Waals surface area (Å²) >= 11 is 0. The van der Waals surface area contributed by atoms with Crippen LogP contribution in [-0.2, 0) is 6.54 Å². The molecular weight excluding hydrogens is 244 g/mol. The van der Waals surface area contributed by atoms with Crippen LogP contribution in [0.3, 0.4) is 0 Å². The molecule has 0 aliphatic carbocycles. The van der Waals surface area contributed by atoms with Gasteiger partial charge in [-0.05, 0) is 6.07 Å². The number of hydrogen-bond acceptors (Lipinski definition) is 4. The highest BCUT2D eigenvalue weighted by molar-refractivity contribution is 6.03. The maximum absolute atomic E-state index is 12.1. The molecule has 0 saturated carbocycles. The van der Waals surface area contributed by atoms with Crippen LogP contribution in [0.5, 0.6) is 0 Å². The minimum Gasteiger partial charge on any atom is -0.320 e. The molecule has 1 N–H and O–H groups in total. The lowest BCUT2D eigenvalue weighted by atomic mass is 10.3. The summed E-state index contributed by atoms with van der Waals surface area (Å²) in [5, 5.41) is 13.4. The number of carbonyl (C=O) groups is 1. The SMILES string of the molecule is O=C(Nc1ccnnc1)c1cnn(CC(F)F)c1. The van der Waals surface area contributed by atoms with Crippen molar-refractivity contribution in [3.8, 4) is 0 Å². The number of halogens is 2. The second-order valence-electron chi connectivity index (χ2n) is 3.43. The number of rotatable bonds is 4. The highest BCUT2D eigenvalue weighted by atomic mass is 19.3. The van der Waals surface area contributed by atoms with Gasteiger partial charge in [0.25, 0.3) is 12.3 Å². The van der Waals surface area contributed by atoms with Crippen molar-refractivity contribution in [1.29, 1.82) is 0 Å². The molecule has 0 bridgehead atoms. The zero-order valence-electron chi connectivity index (χ0n) is 9.12. The lowest BCUT2D eigenvalue weighted by molar-refractivity contribution is 0.102. The molecule has 0 unspecified atom stereocenters. The number of alkyl halides is 2. The molecule has 2 rings (SSSR count). The zero-order chi connectivity index (χ0) is 13.0. The van der Waals surface area contributed by atoms with Crippen LogP contribution in [0.4, 0.5) is 14.5 Å². The molecule has 2 aromatic rings. The van der Waals surface area contributed by atoms with E-state index < -0.39 is 18.9 Å². The van der Waals surface area contributed by atoms with Crippen molar-refractivity contribution in [1.82, 2.24) is 20.0 Å². The molecular formula is C10H9F2N5O. The average Bonchev–Trinajstić information content (AvgIpc) is 2.78. The van der Waals surface area contributed by atoms with Crippen LogP contribution in [0.15, 0.2) is 30.9 Å². The fourth-order valence-corrected chi connectivity index (χ4v) is 1.29. The van der Waals surface area contributed by atoms with Crippen molar-refractivity contribution in [3.63, 3.8) is 0 Å². The van der Waals surface area contributed by atoms with Gasteiger partial charge in [0.15, 0.2) is 0 Å². The number of carbonyl (C=O) groups excluding carboxylic acids is 1. The lowest BCUT2D eigenvalue weighted by Gasteiger charge is -2.01. The number of nitrogens with one attached hydrogen (secondary N) is 1. The van der Waals surface area contributed by atoms with Gasteiger partial charge >= 0.3 is 0 Å². The summed E-state index contributed by atoms with van der Waals surface area (Å²) in [7, 11) is 0. The van der Waals surface area contributed by atoms with Gasteiger partial charge in [0.05, 0.1) is 29.8 Å². The van der Waals surface area contributed by atoms with E-state index in [1.54, 1.807) is 6.07 Å². The Bertz CT molecular complexity index is 528. The Morgan fingerprint density at radius 1 is 1.39 bits per heavy atom. The molecule has 2 aromatic heterocycles.